The van der Waals surface area contributed by atoms with Gasteiger partial charge in [-0.3, -0.25) is 4.79 Å². The lowest BCUT2D eigenvalue weighted by atomic mass is 10.2. The van der Waals surface area contributed by atoms with Gasteiger partial charge >= 0.3 is 0 Å². The van der Waals surface area contributed by atoms with Crippen molar-refractivity contribution in [3.63, 3.8) is 0 Å². The molecule has 0 aliphatic carbocycles. The Kier molecular flexibility index (Phi) is 6.65. The number of piperazine rings is 1. The van der Waals surface area contributed by atoms with E-state index in [9.17, 15) is 4.79 Å². The van der Waals surface area contributed by atoms with Gasteiger partial charge in [-0.25, -0.2) is 0 Å². The summed E-state index contributed by atoms with van der Waals surface area (Å²) in [6, 6.07) is 0. The molecule has 0 aromatic carbocycles. The summed E-state index contributed by atoms with van der Waals surface area (Å²) >= 11 is 9.97. The van der Waals surface area contributed by atoms with E-state index >= 15 is 0 Å². The number of amides is 1. The second kappa shape index (κ2) is 7.74. The van der Waals surface area contributed by atoms with Crippen LogP contribution in [0.15, 0.2) is 22.9 Å². The number of nitrogens with zero attached hydrogens (tertiary/aromatic N) is 2. The zero-order valence-corrected chi connectivity index (χ0v) is 12.7. The van der Waals surface area contributed by atoms with Crippen molar-refractivity contribution in [2.45, 2.75) is 20.3 Å². The van der Waals surface area contributed by atoms with E-state index in [1.165, 1.54) is 0 Å². The number of rotatable bonds is 4. The Morgan fingerprint density at radius 2 is 1.83 bits per heavy atom. The third-order valence-corrected chi connectivity index (χ3v) is 3.27. The van der Waals surface area contributed by atoms with Crippen molar-refractivity contribution in [3.05, 3.63) is 22.9 Å². The maximum Gasteiger partial charge on any atom is 0.232 e. The summed E-state index contributed by atoms with van der Waals surface area (Å²) < 4.78 is 0. The molecular formula is C13H21ClN2OS. The highest BCUT2D eigenvalue weighted by Crippen LogP contribution is 2.15. The largest absolute Gasteiger partial charge is 0.368 e. The minimum absolute atomic E-state index is 0.114. The van der Waals surface area contributed by atoms with Gasteiger partial charge in [0.1, 0.15) is 0 Å². The molecule has 0 radical (unpaired) electrons. The molecule has 3 nitrogen and oxygen atoms in total. The summed E-state index contributed by atoms with van der Waals surface area (Å²) in [5, 5.41) is 0.781. The van der Waals surface area contributed by atoms with Crippen LogP contribution in [-0.2, 0) is 4.79 Å². The molecular weight excluding hydrogens is 268 g/mol. The van der Waals surface area contributed by atoms with Crippen LogP contribution < -0.4 is 0 Å². The first-order valence-corrected chi connectivity index (χ1v) is 7.27. The Hall–Kier alpha value is -0.610. The molecule has 1 heterocycles. The van der Waals surface area contributed by atoms with Crippen LogP contribution in [0.4, 0.5) is 0 Å². The Bertz CT molecular complexity index is 343. The summed E-state index contributed by atoms with van der Waals surface area (Å²) in [5.74, 6) is 0.404. The van der Waals surface area contributed by atoms with E-state index in [0.29, 0.717) is 5.75 Å². The lowest BCUT2D eigenvalue weighted by Crippen LogP contribution is -2.48. The highest BCUT2D eigenvalue weighted by Gasteiger charge is 2.20. The van der Waals surface area contributed by atoms with E-state index in [1.54, 1.807) is 0 Å². The molecule has 0 spiro atoms. The van der Waals surface area contributed by atoms with Crippen LogP contribution >= 0.6 is 24.2 Å². The molecule has 18 heavy (non-hydrogen) atoms. The maximum atomic E-state index is 11.5. The van der Waals surface area contributed by atoms with Crippen molar-refractivity contribution >= 4 is 30.1 Å². The topological polar surface area (TPSA) is 23.6 Å². The molecule has 0 bridgehead atoms. The van der Waals surface area contributed by atoms with Crippen LogP contribution in [0.25, 0.3) is 0 Å². The fourth-order valence-electron chi connectivity index (χ4n) is 2.01. The monoisotopic (exact) mass is 288 g/mol. The van der Waals surface area contributed by atoms with Gasteiger partial charge in [0, 0.05) is 36.9 Å². The lowest BCUT2D eigenvalue weighted by molar-refractivity contribution is -0.129. The Labute approximate surface area is 120 Å². The molecule has 5 heteroatoms. The van der Waals surface area contributed by atoms with Crippen LogP contribution in [0, 0.1) is 0 Å². The van der Waals surface area contributed by atoms with Gasteiger partial charge in [-0.1, -0.05) is 24.6 Å². The quantitative estimate of drug-likeness (QED) is 0.635. The first kappa shape index (κ1) is 15.4. The fourth-order valence-corrected chi connectivity index (χ4v) is 2.32. The van der Waals surface area contributed by atoms with E-state index in [-0.39, 0.29) is 5.91 Å². The Morgan fingerprint density at radius 3 is 2.28 bits per heavy atom. The second-order valence-corrected chi connectivity index (χ2v) is 5.21. The maximum absolute atomic E-state index is 11.5. The van der Waals surface area contributed by atoms with Gasteiger partial charge in [0.2, 0.25) is 5.91 Å². The lowest BCUT2D eigenvalue weighted by Gasteiger charge is -2.36. The van der Waals surface area contributed by atoms with E-state index in [0.717, 1.165) is 43.3 Å². The predicted molar refractivity (Wildman–Crippen MR) is 80.0 cm³/mol. The molecule has 0 N–H and O–H groups in total. The van der Waals surface area contributed by atoms with E-state index in [4.69, 9.17) is 11.6 Å². The standard InChI is InChI=1S/C13H21ClN2OS/c1-3-4-12(9-11(2)14)15-5-7-16(8-6-15)13(17)10-18/h4,9,18H,3,5-8,10H2,1-2H3/b11-9+,12-4+. The normalized spacial score (nSPS) is 18.2. The Balaban J connectivity index is 2.62. The number of halogens is 1. The number of carbonyl (C=O) groups is 1. The summed E-state index contributed by atoms with van der Waals surface area (Å²) in [4.78, 5) is 15.7. The molecule has 1 aliphatic heterocycles. The zero-order valence-electron chi connectivity index (χ0n) is 11.0. The SMILES string of the molecule is CC/C=C(\C=C(/C)Cl)N1CCN(C(=O)CS)CC1. The fraction of sp³-hybridized carbons (Fsp3) is 0.615. The van der Waals surface area contributed by atoms with Crippen LogP contribution in [0.5, 0.6) is 0 Å². The second-order valence-electron chi connectivity index (χ2n) is 4.29. The van der Waals surface area contributed by atoms with Gasteiger partial charge in [0.05, 0.1) is 5.75 Å². The van der Waals surface area contributed by atoms with Gasteiger partial charge in [0.15, 0.2) is 0 Å². The number of thiol groups is 1. The molecule has 1 amide bonds. The van der Waals surface area contributed by atoms with Gasteiger partial charge in [0.25, 0.3) is 0 Å². The molecule has 0 aromatic rings. The molecule has 0 saturated carbocycles. The minimum atomic E-state index is 0.114. The predicted octanol–water partition coefficient (Wildman–Crippen LogP) is 2.50. The van der Waals surface area contributed by atoms with E-state index < -0.39 is 0 Å². The van der Waals surface area contributed by atoms with Gasteiger partial charge in [-0.05, 0) is 19.4 Å². The van der Waals surface area contributed by atoms with Crippen LogP contribution in [0.2, 0.25) is 0 Å². The molecule has 0 aromatic heterocycles. The number of allylic oxidation sites excluding steroid dienone is 3. The van der Waals surface area contributed by atoms with E-state index in [1.807, 2.05) is 17.9 Å². The van der Waals surface area contributed by atoms with Crippen molar-refractivity contribution in [1.29, 1.82) is 0 Å². The van der Waals surface area contributed by atoms with Crippen molar-refractivity contribution in [1.82, 2.24) is 9.80 Å². The molecule has 102 valence electrons. The summed E-state index contributed by atoms with van der Waals surface area (Å²) in [6.45, 7) is 7.22. The van der Waals surface area contributed by atoms with Crippen molar-refractivity contribution < 1.29 is 4.79 Å². The number of hydrogen-bond acceptors (Lipinski definition) is 3. The first-order valence-electron chi connectivity index (χ1n) is 6.26. The number of carbonyl (C=O) groups excluding carboxylic acids is 1. The van der Waals surface area contributed by atoms with Crippen LogP contribution in [0.3, 0.4) is 0 Å². The van der Waals surface area contributed by atoms with Crippen LogP contribution in [0.1, 0.15) is 20.3 Å². The average molecular weight is 289 g/mol. The minimum Gasteiger partial charge on any atom is -0.368 e. The highest BCUT2D eigenvalue weighted by molar-refractivity contribution is 7.81. The van der Waals surface area contributed by atoms with Gasteiger partial charge in [-0.15, -0.1) is 0 Å². The van der Waals surface area contributed by atoms with Crippen molar-refractivity contribution in [2.75, 3.05) is 31.9 Å². The van der Waals surface area contributed by atoms with E-state index in [2.05, 4.69) is 30.5 Å². The molecule has 1 saturated heterocycles. The molecule has 0 atom stereocenters. The smallest absolute Gasteiger partial charge is 0.232 e. The van der Waals surface area contributed by atoms with Crippen molar-refractivity contribution in [3.8, 4) is 0 Å². The average Bonchev–Trinajstić information content (AvgIpc) is 2.37. The van der Waals surface area contributed by atoms with Gasteiger partial charge < -0.3 is 9.80 Å². The molecule has 0 unspecified atom stereocenters. The first-order chi connectivity index (χ1) is 8.58. The summed E-state index contributed by atoms with van der Waals surface area (Å²) in [6.07, 6.45) is 5.13. The van der Waals surface area contributed by atoms with Gasteiger partial charge in [-0.2, -0.15) is 12.6 Å². The van der Waals surface area contributed by atoms with Crippen molar-refractivity contribution in [2.24, 2.45) is 0 Å². The number of hydrogen-bond donors (Lipinski definition) is 1. The summed E-state index contributed by atoms with van der Waals surface area (Å²) in [7, 11) is 0. The molecule has 1 aliphatic rings. The Morgan fingerprint density at radius 1 is 1.28 bits per heavy atom. The molecule has 1 fully saturated rings. The molecule has 1 rings (SSSR count). The third kappa shape index (κ3) is 4.58. The van der Waals surface area contributed by atoms with Crippen LogP contribution in [-0.4, -0.2) is 47.6 Å². The highest BCUT2D eigenvalue weighted by atomic mass is 35.5. The zero-order chi connectivity index (χ0) is 13.5. The third-order valence-electron chi connectivity index (χ3n) is 2.89. The summed E-state index contributed by atoms with van der Waals surface area (Å²) in [5.41, 5.74) is 1.16.